The molecule has 3 rings (SSSR count). The molecule has 2 N–H and O–H groups in total. The maximum absolute atomic E-state index is 11.5. The Labute approximate surface area is 122 Å². The Morgan fingerprint density at radius 1 is 1.14 bits per heavy atom. The van der Waals surface area contributed by atoms with Gasteiger partial charge in [0.2, 0.25) is 6.79 Å². The van der Waals surface area contributed by atoms with E-state index < -0.39 is 12.0 Å². The van der Waals surface area contributed by atoms with Crippen LogP contribution < -0.4 is 14.8 Å². The summed E-state index contributed by atoms with van der Waals surface area (Å²) in [6.45, 7) is 0.653. The first-order valence-electron chi connectivity index (χ1n) is 6.64. The highest BCUT2D eigenvalue weighted by Crippen LogP contribution is 2.34. The maximum atomic E-state index is 11.5. The zero-order valence-electron chi connectivity index (χ0n) is 11.3. The van der Waals surface area contributed by atoms with E-state index in [4.69, 9.17) is 9.47 Å². The highest BCUT2D eigenvalue weighted by atomic mass is 16.7. The van der Waals surface area contributed by atoms with Gasteiger partial charge in [0.05, 0.1) is 0 Å². The van der Waals surface area contributed by atoms with Gasteiger partial charge < -0.3 is 14.6 Å². The molecule has 0 saturated heterocycles. The minimum atomic E-state index is -0.926. The lowest BCUT2D eigenvalue weighted by Gasteiger charge is -2.15. The van der Waals surface area contributed by atoms with Gasteiger partial charge in [-0.05, 0) is 23.3 Å². The quantitative estimate of drug-likeness (QED) is 0.882. The van der Waals surface area contributed by atoms with E-state index in [1.807, 2.05) is 30.3 Å². The smallest absolute Gasteiger partial charge is 0.325 e. The van der Waals surface area contributed by atoms with E-state index in [2.05, 4.69) is 5.32 Å². The predicted molar refractivity (Wildman–Crippen MR) is 76.2 cm³/mol. The molecule has 0 saturated carbocycles. The van der Waals surface area contributed by atoms with Gasteiger partial charge in [0.15, 0.2) is 11.5 Å². The second-order valence-corrected chi connectivity index (χ2v) is 4.75. The van der Waals surface area contributed by atoms with Crippen LogP contribution >= 0.6 is 0 Å². The molecule has 2 aromatic carbocycles. The number of rotatable bonds is 5. The lowest BCUT2D eigenvalue weighted by Crippen LogP contribution is -2.28. The van der Waals surface area contributed by atoms with Crippen LogP contribution in [0.25, 0.3) is 0 Å². The Hall–Kier alpha value is -2.53. The van der Waals surface area contributed by atoms with Gasteiger partial charge >= 0.3 is 5.97 Å². The second kappa shape index (κ2) is 5.85. The highest BCUT2D eigenvalue weighted by Gasteiger charge is 2.22. The zero-order valence-corrected chi connectivity index (χ0v) is 11.3. The fraction of sp³-hybridized carbons (Fsp3) is 0.188. The third kappa shape index (κ3) is 2.98. The van der Waals surface area contributed by atoms with Crippen LogP contribution in [0.5, 0.6) is 11.5 Å². The summed E-state index contributed by atoms with van der Waals surface area (Å²) in [6.07, 6.45) is 0. The van der Waals surface area contributed by atoms with Crippen molar-refractivity contribution in [2.24, 2.45) is 0 Å². The summed E-state index contributed by atoms with van der Waals surface area (Å²) in [5, 5.41) is 12.5. The Kier molecular flexibility index (Phi) is 3.75. The molecule has 0 bridgehead atoms. The average molecular weight is 285 g/mol. The van der Waals surface area contributed by atoms with E-state index in [0.717, 1.165) is 5.56 Å². The standard InChI is InChI=1S/C16H15NO4/c18-16(19)15(17-9-11-4-2-1-3-5-11)12-6-7-13-14(8-12)21-10-20-13/h1-8,15,17H,9-10H2,(H,18,19). The lowest BCUT2D eigenvalue weighted by atomic mass is 10.1. The predicted octanol–water partition coefficient (Wildman–Crippen LogP) is 2.33. The molecule has 0 spiro atoms. The topological polar surface area (TPSA) is 67.8 Å². The molecular formula is C16H15NO4. The van der Waals surface area contributed by atoms with Gasteiger partial charge in [-0.2, -0.15) is 0 Å². The van der Waals surface area contributed by atoms with E-state index in [-0.39, 0.29) is 6.79 Å². The van der Waals surface area contributed by atoms with Gasteiger partial charge in [-0.15, -0.1) is 0 Å². The van der Waals surface area contributed by atoms with Crippen LogP contribution in [0.15, 0.2) is 48.5 Å². The van der Waals surface area contributed by atoms with Gasteiger partial charge in [-0.3, -0.25) is 10.1 Å². The molecule has 1 heterocycles. The number of carbonyl (C=O) groups is 1. The van der Waals surface area contributed by atoms with Crippen LogP contribution in [0.3, 0.4) is 0 Å². The van der Waals surface area contributed by atoms with E-state index in [1.54, 1.807) is 18.2 Å². The monoisotopic (exact) mass is 285 g/mol. The van der Waals surface area contributed by atoms with E-state index in [9.17, 15) is 9.90 Å². The maximum Gasteiger partial charge on any atom is 0.325 e. The molecule has 108 valence electrons. The van der Waals surface area contributed by atoms with Crippen LogP contribution in [0, 0.1) is 0 Å². The number of nitrogens with one attached hydrogen (secondary N) is 1. The minimum Gasteiger partial charge on any atom is -0.480 e. The average Bonchev–Trinajstić information content (AvgIpc) is 2.96. The van der Waals surface area contributed by atoms with Crippen molar-refractivity contribution in [2.75, 3.05) is 6.79 Å². The van der Waals surface area contributed by atoms with Gasteiger partial charge in [-0.25, -0.2) is 0 Å². The molecule has 0 aliphatic carbocycles. The van der Waals surface area contributed by atoms with Crippen molar-refractivity contribution in [1.82, 2.24) is 5.32 Å². The SMILES string of the molecule is O=C(O)C(NCc1ccccc1)c1ccc2c(c1)OCO2. The first kappa shape index (κ1) is 13.5. The number of benzene rings is 2. The molecule has 1 unspecified atom stereocenters. The molecule has 0 fully saturated rings. The number of carboxylic acids is 1. The molecule has 1 aliphatic rings. The zero-order chi connectivity index (χ0) is 14.7. The third-order valence-electron chi connectivity index (χ3n) is 3.33. The van der Waals surface area contributed by atoms with Gasteiger partial charge in [-0.1, -0.05) is 36.4 Å². The highest BCUT2D eigenvalue weighted by molar-refractivity contribution is 5.76. The molecule has 1 aliphatic heterocycles. The summed E-state index contributed by atoms with van der Waals surface area (Å²) in [5.74, 6) is 0.302. The lowest BCUT2D eigenvalue weighted by molar-refractivity contribution is -0.139. The van der Waals surface area contributed by atoms with Crippen LogP contribution in [0.2, 0.25) is 0 Å². The Balaban J connectivity index is 1.77. The molecule has 0 amide bonds. The molecule has 2 aromatic rings. The summed E-state index contributed by atoms with van der Waals surface area (Å²) < 4.78 is 10.5. The minimum absolute atomic E-state index is 0.175. The van der Waals surface area contributed by atoms with Crippen LogP contribution in [0.4, 0.5) is 0 Å². The summed E-state index contributed by atoms with van der Waals surface area (Å²) in [5.41, 5.74) is 1.67. The molecule has 0 aromatic heterocycles. The summed E-state index contributed by atoms with van der Waals surface area (Å²) in [6, 6.07) is 14.1. The Bertz CT molecular complexity index is 642. The first-order chi connectivity index (χ1) is 10.2. The summed E-state index contributed by atoms with van der Waals surface area (Å²) in [4.78, 5) is 11.5. The number of hydrogen-bond donors (Lipinski definition) is 2. The van der Waals surface area contributed by atoms with Crippen molar-refractivity contribution in [3.8, 4) is 11.5 Å². The largest absolute Gasteiger partial charge is 0.480 e. The summed E-state index contributed by atoms with van der Waals surface area (Å²) >= 11 is 0. The van der Waals surface area contributed by atoms with Crippen LogP contribution in [-0.2, 0) is 11.3 Å². The van der Waals surface area contributed by atoms with Crippen molar-refractivity contribution in [2.45, 2.75) is 12.6 Å². The normalized spacial score (nSPS) is 13.9. The van der Waals surface area contributed by atoms with Crippen molar-refractivity contribution < 1.29 is 19.4 Å². The fourth-order valence-corrected chi connectivity index (χ4v) is 2.26. The van der Waals surface area contributed by atoms with Gasteiger partial charge in [0.25, 0.3) is 0 Å². The molecule has 1 atom stereocenters. The number of hydrogen-bond acceptors (Lipinski definition) is 4. The Morgan fingerprint density at radius 3 is 2.67 bits per heavy atom. The van der Waals surface area contributed by atoms with Crippen LogP contribution in [0.1, 0.15) is 17.2 Å². The summed E-state index contributed by atoms with van der Waals surface area (Å²) in [7, 11) is 0. The first-order valence-corrected chi connectivity index (χ1v) is 6.64. The van der Waals surface area contributed by atoms with E-state index in [0.29, 0.717) is 23.6 Å². The van der Waals surface area contributed by atoms with Gasteiger partial charge in [0, 0.05) is 6.54 Å². The molecule has 5 heteroatoms. The number of aliphatic carboxylic acids is 1. The molecule has 21 heavy (non-hydrogen) atoms. The van der Waals surface area contributed by atoms with E-state index >= 15 is 0 Å². The van der Waals surface area contributed by atoms with Crippen molar-refractivity contribution in [3.05, 3.63) is 59.7 Å². The fourth-order valence-electron chi connectivity index (χ4n) is 2.26. The number of fused-ring (bicyclic) bond motifs is 1. The molecular weight excluding hydrogens is 270 g/mol. The van der Waals surface area contributed by atoms with Crippen molar-refractivity contribution in [1.29, 1.82) is 0 Å². The van der Waals surface area contributed by atoms with Gasteiger partial charge in [0.1, 0.15) is 6.04 Å². The Morgan fingerprint density at radius 2 is 1.90 bits per heavy atom. The van der Waals surface area contributed by atoms with Crippen LogP contribution in [-0.4, -0.2) is 17.9 Å². The third-order valence-corrected chi connectivity index (χ3v) is 3.33. The molecule has 0 radical (unpaired) electrons. The number of ether oxygens (including phenoxy) is 2. The molecule has 5 nitrogen and oxygen atoms in total. The number of carboxylic acid groups (broad SMARTS) is 1. The second-order valence-electron chi connectivity index (χ2n) is 4.75. The van der Waals surface area contributed by atoms with Crippen molar-refractivity contribution in [3.63, 3.8) is 0 Å². The van der Waals surface area contributed by atoms with Crippen molar-refractivity contribution >= 4 is 5.97 Å². The van der Waals surface area contributed by atoms with E-state index in [1.165, 1.54) is 0 Å².